The molecule has 92 valence electrons. The van der Waals surface area contributed by atoms with Crippen molar-refractivity contribution in [2.24, 2.45) is 0 Å². The fourth-order valence-corrected chi connectivity index (χ4v) is 2.74. The van der Waals surface area contributed by atoms with Crippen LogP contribution in [0.15, 0.2) is 46.9 Å². The van der Waals surface area contributed by atoms with E-state index in [0.29, 0.717) is 6.54 Å². The van der Waals surface area contributed by atoms with E-state index in [-0.39, 0.29) is 5.82 Å². The highest BCUT2D eigenvalue weighted by molar-refractivity contribution is 9.10. The summed E-state index contributed by atoms with van der Waals surface area (Å²) in [5, 5.41) is 0. The van der Waals surface area contributed by atoms with Gasteiger partial charge in [0.15, 0.2) is 0 Å². The van der Waals surface area contributed by atoms with Crippen molar-refractivity contribution < 1.29 is 4.39 Å². The Morgan fingerprint density at radius 1 is 1.06 bits per heavy atom. The van der Waals surface area contributed by atoms with Gasteiger partial charge in [0.1, 0.15) is 5.82 Å². The molecule has 2 aromatic carbocycles. The monoisotopic (exact) mass is 305 g/mol. The molecule has 0 aromatic heterocycles. The zero-order valence-electron chi connectivity index (χ0n) is 9.87. The number of halogens is 2. The van der Waals surface area contributed by atoms with Crippen LogP contribution in [0.1, 0.15) is 16.7 Å². The molecule has 0 atom stereocenters. The van der Waals surface area contributed by atoms with Crippen molar-refractivity contribution in [2.75, 3.05) is 0 Å². The number of nitrogens with zero attached hydrogens (tertiary/aromatic N) is 1. The maximum atomic E-state index is 13.8. The number of benzene rings is 2. The second-order valence-corrected chi connectivity index (χ2v) is 5.57. The second kappa shape index (κ2) is 4.82. The molecule has 18 heavy (non-hydrogen) atoms. The van der Waals surface area contributed by atoms with Crippen LogP contribution in [0.5, 0.6) is 0 Å². The van der Waals surface area contributed by atoms with Gasteiger partial charge in [-0.3, -0.25) is 4.90 Å². The summed E-state index contributed by atoms with van der Waals surface area (Å²) < 4.78 is 14.6. The highest BCUT2D eigenvalue weighted by Crippen LogP contribution is 2.25. The Labute approximate surface area is 114 Å². The Bertz CT molecular complexity index is 557. The van der Waals surface area contributed by atoms with Gasteiger partial charge in [-0.2, -0.15) is 0 Å². The van der Waals surface area contributed by atoms with E-state index in [1.807, 2.05) is 12.1 Å². The van der Waals surface area contributed by atoms with E-state index < -0.39 is 0 Å². The Morgan fingerprint density at radius 3 is 2.33 bits per heavy atom. The van der Waals surface area contributed by atoms with Gasteiger partial charge in [0.05, 0.1) is 0 Å². The van der Waals surface area contributed by atoms with Crippen LogP contribution in [-0.2, 0) is 19.6 Å². The van der Waals surface area contributed by atoms with E-state index >= 15 is 0 Å². The molecule has 2 aromatic rings. The third kappa shape index (κ3) is 2.33. The van der Waals surface area contributed by atoms with Gasteiger partial charge in [0.25, 0.3) is 0 Å². The third-order valence-electron chi connectivity index (χ3n) is 3.32. The minimum atomic E-state index is -0.139. The highest BCUT2D eigenvalue weighted by atomic mass is 79.9. The smallest absolute Gasteiger partial charge is 0.128 e. The van der Waals surface area contributed by atoms with Gasteiger partial charge in [-0.1, -0.05) is 46.3 Å². The zero-order valence-corrected chi connectivity index (χ0v) is 11.5. The SMILES string of the molecule is Fc1cc(Br)ccc1CN1Cc2ccccc2C1. The Balaban J connectivity index is 1.76. The molecule has 0 radical (unpaired) electrons. The molecule has 1 aliphatic heterocycles. The maximum Gasteiger partial charge on any atom is 0.128 e. The molecule has 0 saturated heterocycles. The third-order valence-corrected chi connectivity index (χ3v) is 3.81. The molecule has 0 unspecified atom stereocenters. The lowest BCUT2D eigenvalue weighted by atomic mass is 10.1. The molecule has 0 fully saturated rings. The molecule has 3 heteroatoms. The van der Waals surface area contributed by atoms with E-state index in [1.54, 1.807) is 0 Å². The highest BCUT2D eigenvalue weighted by Gasteiger charge is 2.19. The van der Waals surface area contributed by atoms with Gasteiger partial charge < -0.3 is 0 Å². The first-order valence-electron chi connectivity index (χ1n) is 5.95. The normalized spacial score (nSPS) is 14.8. The summed E-state index contributed by atoms with van der Waals surface area (Å²) in [6.45, 7) is 2.48. The molecule has 3 rings (SSSR count). The van der Waals surface area contributed by atoms with Crippen molar-refractivity contribution in [3.05, 3.63) is 69.4 Å². The molecule has 0 saturated carbocycles. The Kier molecular flexibility index (Phi) is 3.18. The van der Waals surface area contributed by atoms with E-state index in [0.717, 1.165) is 23.1 Å². The molecule has 0 bridgehead atoms. The fourth-order valence-electron chi connectivity index (χ4n) is 2.41. The first-order chi connectivity index (χ1) is 8.72. The van der Waals surface area contributed by atoms with Crippen LogP contribution < -0.4 is 0 Å². The second-order valence-electron chi connectivity index (χ2n) is 4.65. The van der Waals surface area contributed by atoms with E-state index in [2.05, 4.69) is 45.1 Å². The standard InChI is InChI=1S/C15H13BrFN/c16-14-6-5-13(15(17)7-14)10-18-8-11-3-1-2-4-12(11)9-18/h1-7H,8-10H2. The van der Waals surface area contributed by atoms with Gasteiger partial charge in [-0.05, 0) is 23.3 Å². The minimum absolute atomic E-state index is 0.139. The van der Waals surface area contributed by atoms with Crippen LogP contribution in [0, 0.1) is 5.82 Å². The Hall–Kier alpha value is -1.19. The molecular formula is C15H13BrFN. The van der Waals surface area contributed by atoms with E-state index in [9.17, 15) is 4.39 Å². The van der Waals surface area contributed by atoms with Crippen LogP contribution >= 0.6 is 15.9 Å². The van der Waals surface area contributed by atoms with Crippen molar-refractivity contribution >= 4 is 15.9 Å². The average molecular weight is 306 g/mol. The topological polar surface area (TPSA) is 3.24 Å². The molecule has 1 aliphatic rings. The van der Waals surface area contributed by atoms with Crippen molar-refractivity contribution in [2.45, 2.75) is 19.6 Å². The molecule has 0 N–H and O–H groups in total. The summed E-state index contributed by atoms with van der Waals surface area (Å²) in [4.78, 5) is 2.26. The van der Waals surface area contributed by atoms with Gasteiger partial charge in [0, 0.05) is 29.7 Å². The van der Waals surface area contributed by atoms with Gasteiger partial charge >= 0.3 is 0 Å². The average Bonchev–Trinajstić information content (AvgIpc) is 2.75. The first-order valence-corrected chi connectivity index (χ1v) is 6.75. The lowest BCUT2D eigenvalue weighted by Gasteiger charge is -2.15. The van der Waals surface area contributed by atoms with Crippen LogP contribution in [0.25, 0.3) is 0 Å². The van der Waals surface area contributed by atoms with E-state index in [1.165, 1.54) is 17.2 Å². The van der Waals surface area contributed by atoms with Crippen LogP contribution in [0.2, 0.25) is 0 Å². The maximum absolute atomic E-state index is 13.8. The lowest BCUT2D eigenvalue weighted by Crippen LogP contribution is -2.16. The molecule has 0 amide bonds. The summed E-state index contributed by atoms with van der Waals surface area (Å²) >= 11 is 3.28. The summed E-state index contributed by atoms with van der Waals surface area (Å²) in [5.74, 6) is -0.139. The van der Waals surface area contributed by atoms with Crippen LogP contribution in [0.3, 0.4) is 0 Å². The number of fused-ring (bicyclic) bond motifs is 1. The predicted molar refractivity (Wildman–Crippen MR) is 73.5 cm³/mol. The number of rotatable bonds is 2. The summed E-state index contributed by atoms with van der Waals surface area (Å²) in [7, 11) is 0. The van der Waals surface area contributed by atoms with Crippen LogP contribution in [0.4, 0.5) is 4.39 Å². The molecule has 0 aliphatic carbocycles. The lowest BCUT2D eigenvalue weighted by molar-refractivity contribution is 0.271. The van der Waals surface area contributed by atoms with Crippen molar-refractivity contribution in [1.82, 2.24) is 4.90 Å². The largest absolute Gasteiger partial charge is 0.290 e. The first kappa shape index (κ1) is 11.9. The zero-order chi connectivity index (χ0) is 12.5. The summed E-state index contributed by atoms with van der Waals surface area (Å²) in [6.07, 6.45) is 0. The van der Waals surface area contributed by atoms with Crippen LogP contribution in [-0.4, -0.2) is 4.90 Å². The van der Waals surface area contributed by atoms with E-state index in [4.69, 9.17) is 0 Å². The van der Waals surface area contributed by atoms with Gasteiger partial charge in [-0.25, -0.2) is 4.39 Å². The number of hydrogen-bond acceptors (Lipinski definition) is 1. The minimum Gasteiger partial charge on any atom is -0.290 e. The molecule has 1 heterocycles. The number of hydrogen-bond donors (Lipinski definition) is 0. The summed E-state index contributed by atoms with van der Waals surface area (Å²) in [6, 6.07) is 13.7. The predicted octanol–water partition coefficient (Wildman–Crippen LogP) is 4.10. The van der Waals surface area contributed by atoms with Crippen molar-refractivity contribution in [3.8, 4) is 0 Å². The quantitative estimate of drug-likeness (QED) is 0.807. The molecule has 0 spiro atoms. The molecular weight excluding hydrogens is 293 g/mol. The van der Waals surface area contributed by atoms with Gasteiger partial charge in [-0.15, -0.1) is 0 Å². The Morgan fingerprint density at radius 2 is 1.72 bits per heavy atom. The van der Waals surface area contributed by atoms with Crippen molar-refractivity contribution in [3.63, 3.8) is 0 Å². The summed E-state index contributed by atoms with van der Waals surface area (Å²) in [5.41, 5.74) is 3.47. The fraction of sp³-hybridized carbons (Fsp3) is 0.200. The van der Waals surface area contributed by atoms with Crippen molar-refractivity contribution in [1.29, 1.82) is 0 Å². The van der Waals surface area contributed by atoms with Gasteiger partial charge in [0.2, 0.25) is 0 Å². The molecule has 1 nitrogen and oxygen atoms in total.